The van der Waals surface area contributed by atoms with Crippen LogP contribution in [0.5, 0.6) is 0 Å². The van der Waals surface area contributed by atoms with E-state index in [0.29, 0.717) is 12.8 Å². The Bertz CT molecular complexity index is 861. The number of unbranched alkanes of at least 4 members (excludes halogenated alkanes) is 32. The van der Waals surface area contributed by atoms with Crippen LogP contribution in [0.15, 0.2) is 0 Å². The van der Waals surface area contributed by atoms with Gasteiger partial charge in [-0.05, 0) is 19.8 Å². The fraction of sp³-hybridized carbons (Fsp3) is 0.979. The third-order valence-electron chi connectivity index (χ3n) is 12.3. The summed E-state index contributed by atoms with van der Waals surface area (Å²) in [6.07, 6.45) is 40.5. The van der Waals surface area contributed by atoms with Gasteiger partial charge in [-0.1, -0.05) is 226 Å². The molecule has 8 nitrogen and oxygen atoms in total. The van der Waals surface area contributed by atoms with Crippen molar-refractivity contribution >= 4 is 5.91 Å². The Labute approximate surface area is 346 Å². The van der Waals surface area contributed by atoms with E-state index in [2.05, 4.69) is 19.2 Å². The van der Waals surface area contributed by atoms with E-state index in [0.717, 1.165) is 38.5 Å². The van der Waals surface area contributed by atoms with Crippen LogP contribution in [-0.2, 0) is 14.3 Å². The van der Waals surface area contributed by atoms with E-state index in [4.69, 9.17) is 9.47 Å². The third kappa shape index (κ3) is 28.6. The normalized spacial score (nSPS) is 21.0. The Morgan fingerprint density at radius 2 is 0.946 bits per heavy atom. The molecule has 1 saturated heterocycles. The molecule has 1 fully saturated rings. The van der Waals surface area contributed by atoms with Gasteiger partial charge in [0.05, 0.1) is 24.9 Å². The predicted octanol–water partition coefficient (Wildman–Crippen LogP) is 11.8. The van der Waals surface area contributed by atoms with Gasteiger partial charge < -0.3 is 35.2 Å². The van der Waals surface area contributed by atoms with E-state index in [1.54, 1.807) is 6.92 Å². The molecule has 0 bridgehead atoms. The fourth-order valence-corrected chi connectivity index (χ4v) is 8.14. The monoisotopic (exact) mass is 798 g/mol. The number of carbonyl (C=O) groups is 1. The average Bonchev–Trinajstić information content (AvgIpc) is 3.19. The molecular weight excluding hydrogens is 703 g/mol. The van der Waals surface area contributed by atoms with Crippen LogP contribution in [0.25, 0.3) is 0 Å². The second-order valence-corrected chi connectivity index (χ2v) is 17.7. The first kappa shape index (κ1) is 53.2. The van der Waals surface area contributed by atoms with Crippen molar-refractivity contribution < 1.29 is 34.7 Å². The van der Waals surface area contributed by atoms with Gasteiger partial charge in [-0.3, -0.25) is 4.79 Å². The lowest BCUT2D eigenvalue weighted by Crippen LogP contribution is -2.63. The Balaban J connectivity index is 2.22. The number of carbonyl (C=O) groups excluding carboxylic acids is 1. The van der Waals surface area contributed by atoms with Crippen molar-refractivity contribution in [2.75, 3.05) is 13.2 Å². The summed E-state index contributed by atoms with van der Waals surface area (Å²) < 4.78 is 11.1. The first-order valence-corrected chi connectivity index (χ1v) is 24.6. The zero-order chi connectivity index (χ0) is 41.0. The van der Waals surface area contributed by atoms with Gasteiger partial charge in [0.25, 0.3) is 0 Å². The van der Waals surface area contributed by atoms with Crippen molar-refractivity contribution in [3.8, 4) is 0 Å². The predicted molar refractivity (Wildman–Crippen MR) is 234 cm³/mol. The van der Waals surface area contributed by atoms with Crippen LogP contribution in [0, 0.1) is 0 Å². The van der Waals surface area contributed by atoms with Crippen molar-refractivity contribution in [1.82, 2.24) is 5.32 Å². The zero-order valence-electron chi connectivity index (χ0n) is 37.3. The molecule has 6 atom stereocenters. The minimum absolute atomic E-state index is 0.137. The summed E-state index contributed by atoms with van der Waals surface area (Å²) >= 11 is 0. The first-order valence-electron chi connectivity index (χ1n) is 24.6. The molecule has 0 aliphatic carbocycles. The second kappa shape index (κ2) is 37.2. The number of aliphatic hydroxyl groups excluding tert-OH is 3. The van der Waals surface area contributed by atoms with Gasteiger partial charge in [0.2, 0.25) is 11.7 Å². The van der Waals surface area contributed by atoms with E-state index in [1.807, 2.05) is 0 Å². The molecule has 56 heavy (non-hydrogen) atoms. The van der Waals surface area contributed by atoms with E-state index in [-0.39, 0.29) is 19.1 Å². The topological polar surface area (TPSA) is 128 Å². The molecule has 1 aliphatic heterocycles. The van der Waals surface area contributed by atoms with Crippen LogP contribution < -0.4 is 5.32 Å². The van der Waals surface area contributed by atoms with E-state index < -0.39 is 36.2 Å². The van der Waals surface area contributed by atoms with Crippen LogP contribution >= 0.6 is 0 Å². The van der Waals surface area contributed by atoms with Gasteiger partial charge in [-0.25, -0.2) is 0 Å². The SMILES string of the molecule is CCCCCCCCCCCCCCCCCCCCCCCC(=O)N[C@@H](COC1(O)COC(C)C(O)C1O)C(O)CCCCCCCCCCCCCCC. The molecule has 5 N–H and O–H groups in total. The van der Waals surface area contributed by atoms with Crippen LogP contribution in [-0.4, -0.2) is 75.8 Å². The molecule has 0 spiro atoms. The third-order valence-corrected chi connectivity index (χ3v) is 12.3. The summed E-state index contributed by atoms with van der Waals surface area (Å²) in [5.41, 5.74) is 0. The Hall–Kier alpha value is -0.770. The molecule has 0 aromatic rings. The lowest BCUT2D eigenvalue weighted by atomic mass is 9.97. The number of aliphatic hydroxyl groups is 4. The standard InChI is InChI=1S/C48H95NO7/c1-4-6-8-10-12-14-16-18-19-20-21-22-23-24-25-27-29-31-33-35-37-39-45(51)49-43(40-56-48(54)41-55-42(3)46(52)47(48)53)44(50)38-36-34-32-30-28-26-17-15-13-11-9-7-5-2/h42-44,46-47,50,52-54H,4-41H2,1-3H3,(H,49,51)/t42?,43-,44?,46?,47?,48?/m0/s1. The van der Waals surface area contributed by atoms with Gasteiger partial charge in [0.1, 0.15) is 18.8 Å². The highest BCUT2D eigenvalue weighted by molar-refractivity contribution is 5.76. The molecule has 0 saturated carbocycles. The molecule has 5 unspecified atom stereocenters. The highest BCUT2D eigenvalue weighted by Crippen LogP contribution is 2.26. The number of nitrogens with one attached hydrogen (secondary N) is 1. The minimum atomic E-state index is -2.11. The lowest BCUT2D eigenvalue weighted by Gasteiger charge is -2.42. The van der Waals surface area contributed by atoms with Crippen LogP contribution in [0.1, 0.15) is 252 Å². The molecule has 8 heteroatoms. The maximum atomic E-state index is 13.0. The number of rotatable bonds is 41. The summed E-state index contributed by atoms with van der Waals surface area (Å²) in [6, 6.07) is -0.734. The summed E-state index contributed by atoms with van der Waals surface area (Å²) in [5, 5.41) is 45.8. The molecule has 0 aromatic heterocycles. The largest absolute Gasteiger partial charge is 0.391 e. The van der Waals surface area contributed by atoms with Crippen molar-refractivity contribution in [1.29, 1.82) is 0 Å². The number of hydrogen-bond donors (Lipinski definition) is 5. The van der Waals surface area contributed by atoms with Crippen molar-refractivity contribution in [3.05, 3.63) is 0 Å². The quantitative estimate of drug-likeness (QED) is 0.0308. The molecule has 1 heterocycles. The molecular formula is C48H95NO7. The highest BCUT2D eigenvalue weighted by atomic mass is 16.7. The van der Waals surface area contributed by atoms with Gasteiger partial charge in [0, 0.05) is 6.42 Å². The summed E-state index contributed by atoms with van der Waals surface area (Å²) in [4.78, 5) is 13.0. The molecule has 1 rings (SSSR count). The molecule has 0 aromatic carbocycles. The van der Waals surface area contributed by atoms with Gasteiger partial charge in [0.15, 0.2) is 0 Å². The second-order valence-electron chi connectivity index (χ2n) is 17.7. The molecule has 334 valence electrons. The number of ether oxygens (including phenoxy) is 2. The van der Waals surface area contributed by atoms with Gasteiger partial charge in [-0.15, -0.1) is 0 Å². The van der Waals surface area contributed by atoms with Crippen molar-refractivity contribution in [2.24, 2.45) is 0 Å². The Morgan fingerprint density at radius 3 is 1.32 bits per heavy atom. The van der Waals surface area contributed by atoms with Crippen LogP contribution in [0.3, 0.4) is 0 Å². The Kier molecular flexibility index (Phi) is 35.4. The first-order chi connectivity index (χ1) is 27.2. The van der Waals surface area contributed by atoms with Crippen molar-refractivity contribution in [3.63, 3.8) is 0 Å². The van der Waals surface area contributed by atoms with Gasteiger partial charge in [-0.2, -0.15) is 0 Å². The van der Waals surface area contributed by atoms with Crippen LogP contribution in [0.2, 0.25) is 0 Å². The van der Waals surface area contributed by atoms with Crippen molar-refractivity contribution in [2.45, 2.75) is 288 Å². The highest BCUT2D eigenvalue weighted by Gasteiger charge is 2.48. The number of amides is 1. The summed E-state index contributed by atoms with van der Waals surface area (Å²) in [7, 11) is 0. The van der Waals surface area contributed by atoms with E-state index in [9.17, 15) is 25.2 Å². The summed E-state index contributed by atoms with van der Waals surface area (Å²) in [6.45, 7) is 5.67. The zero-order valence-corrected chi connectivity index (χ0v) is 37.3. The maximum Gasteiger partial charge on any atom is 0.220 e. The fourth-order valence-electron chi connectivity index (χ4n) is 8.14. The number of hydrogen-bond acceptors (Lipinski definition) is 7. The Morgan fingerprint density at radius 1 is 0.607 bits per heavy atom. The minimum Gasteiger partial charge on any atom is -0.391 e. The van der Waals surface area contributed by atoms with E-state index in [1.165, 1.54) is 180 Å². The molecule has 1 aliphatic rings. The van der Waals surface area contributed by atoms with Crippen LogP contribution in [0.4, 0.5) is 0 Å². The maximum absolute atomic E-state index is 13.0. The van der Waals surface area contributed by atoms with Gasteiger partial charge >= 0.3 is 0 Å². The molecule has 0 radical (unpaired) electrons. The van der Waals surface area contributed by atoms with E-state index >= 15 is 0 Å². The smallest absolute Gasteiger partial charge is 0.220 e. The summed E-state index contributed by atoms with van der Waals surface area (Å²) in [5.74, 6) is -2.25. The lowest BCUT2D eigenvalue weighted by molar-refractivity contribution is -0.335. The molecule has 1 amide bonds. The average molecular weight is 798 g/mol.